The van der Waals surface area contributed by atoms with Crippen LogP contribution in [0.25, 0.3) is 6.08 Å². The standard InChI is InChI=1S/C9H11NO2S/c1-3-12-9(11)5-4-8-10-6-7(2)13-8/h4-6H,3H2,1-2H3/b5-4+. The van der Waals surface area contributed by atoms with Crippen molar-refractivity contribution in [2.75, 3.05) is 6.61 Å². The van der Waals surface area contributed by atoms with Gasteiger partial charge >= 0.3 is 5.97 Å². The van der Waals surface area contributed by atoms with Crippen molar-refractivity contribution >= 4 is 23.4 Å². The molecule has 1 rings (SSSR count). The molecule has 0 fully saturated rings. The fourth-order valence-electron chi connectivity index (χ4n) is 0.779. The van der Waals surface area contributed by atoms with Crippen molar-refractivity contribution in [3.8, 4) is 0 Å². The number of hydrogen-bond donors (Lipinski definition) is 0. The Bertz CT molecular complexity index is 317. The highest BCUT2D eigenvalue weighted by molar-refractivity contribution is 7.12. The van der Waals surface area contributed by atoms with Crippen LogP contribution in [-0.2, 0) is 9.53 Å². The molecule has 1 heterocycles. The number of hydrogen-bond acceptors (Lipinski definition) is 4. The second-order valence-electron chi connectivity index (χ2n) is 2.39. The topological polar surface area (TPSA) is 39.2 Å². The van der Waals surface area contributed by atoms with E-state index < -0.39 is 0 Å². The lowest BCUT2D eigenvalue weighted by atomic mass is 10.5. The zero-order chi connectivity index (χ0) is 9.68. The van der Waals surface area contributed by atoms with Crippen molar-refractivity contribution < 1.29 is 9.53 Å². The number of ether oxygens (including phenoxy) is 1. The van der Waals surface area contributed by atoms with Crippen molar-refractivity contribution in [2.24, 2.45) is 0 Å². The molecule has 13 heavy (non-hydrogen) atoms. The highest BCUT2D eigenvalue weighted by atomic mass is 32.1. The molecular formula is C9H11NO2S. The van der Waals surface area contributed by atoms with Crippen molar-refractivity contribution in [1.82, 2.24) is 4.98 Å². The number of aryl methyl sites for hydroxylation is 1. The lowest BCUT2D eigenvalue weighted by molar-refractivity contribution is -0.137. The summed E-state index contributed by atoms with van der Waals surface area (Å²) in [4.78, 5) is 16.1. The average Bonchev–Trinajstić information content (AvgIpc) is 2.49. The van der Waals surface area contributed by atoms with Gasteiger partial charge in [0.25, 0.3) is 0 Å². The molecule has 3 nitrogen and oxygen atoms in total. The Morgan fingerprint density at radius 3 is 3.08 bits per heavy atom. The third-order valence-corrected chi connectivity index (χ3v) is 2.17. The molecule has 0 N–H and O–H groups in total. The van der Waals surface area contributed by atoms with Gasteiger partial charge in [0.15, 0.2) is 0 Å². The number of carbonyl (C=O) groups excluding carboxylic acids is 1. The zero-order valence-electron chi connectivity index (χ0n) is 7.61. The van der Waals surface area contributed by atoms with Crippen LogP contribution in [0.15, 0.2) is 12.3 Å². The second kappa shape index (κ2) is 4.77. The number of carbonyl (C=O) groups is 1. The van der Waals surface area contributed by atoms with E-state index in [0.29, 0.717) is 6.61 Å². The molecule has 0 spiro atoms. The van der Waals surface area contributed by atoms with Crippen LogP contribution in [0.1, 0.15) is 16.8 Å². The Hall–Kier alpha value is -1.16. The van der Waals surface area contributed by atoms with Crippen LogP contribution < -0.4 is 0 Å². The van der Waals surface area contributed by atoms with Crippen molar-refractivity contribution in [2.45, 2.75) is 13.8 Å². The van der Waals surface area contributed by atoms with Crippen molar-refractivity contribution in [1.29, 1.82) is 0 Å². The quantitative estimate of drug-likeness (QED) is 0.549. The summed E-state index contributed by atoms with van der Waals surface area (Å²) in [5.41, 5.74) is 0. The van der Waals surface area contributed by atoms with E-state index in [9.17, 15) is 4.79 Å². The Balaban J connectivity index is 2.53. The fourth-order valence-corrected chi connectivity index (χ4v) is 1.46. The van der Waals surface area contributed by atoms with Gasteiger partial charge in [0.1, 0.15) is 5.01 Å². The maximum Gasteiger partial charge on any atom is 0.330 e. The average molecular weight is 197 g/mol. The second-order valence-corrected chi connectivity index (χ2v) is 3.66. The van der Waals surface area contributed by atoms with Crippen LogP contribution in [0.3, 0.4) is 0 Å². The first-order valence-electron chi connectivity index (χ1n) is 3.99. The van der Waals surface area contributed by atoms with Crippen molar-refractivity contribution in [3.63, 3.8) is 0 Å². The highest BCUT2D eigenvalue weighted by Gasteiger charge is 1.96. The summed E-state index contributed by atoms with van der Waals surface area (Å²) in [5, 5.41) is 0.825. The molecule has 0 radical (unpaired) electrons. The molecule has 1 aromatic rings. The van der Waals surface area contributed by atoms with E-state index in [1.54, 1.807) is 30.5 Å². The first-order chi connectivity index (χ1) is 6.22. The van der Waals surface area contributed by atoms with E-state index in [-0.39, 0.29) is 5.97 Å². The summed E-state index contributed by atoms with van der Waals surface area (Å²) in [6.07, 6.45) is 4.83. The predicted octanol–water partition coefficient (Wildman–Crippen LogP) is 2.03. The summed E-state index contributed by atoms with van der Waals surface area (Å²) in [6, 6.07) is 0. The Morgan fingerprint density at radius 1 is 1.77 bits per heavy atom. The van der Waals surface area contributed by atoms with Gasteiger partial charge in [-0.15, -0.1) is 11.3 Å². The summed E-state index contributed by atoms with van der Waals surface area (Å²) < 4.78 is 4.72. The normalized spacial score (nSPS) is 10.6. The van der Waals surface area contributed by atoms with Gasteiger partial charge < -0.3 is 4.74 Å². The summed E-state index contributed by atoms with van der Waals surface area (Å²) >= 11 is 1.54. The minimum atomic E-state index is -0.324. The largest absolute Gasteiger partial charge is 0.463 e. The molecule has 0 aliphatic carbocycles. The van der Waals surface area contributed by atoms with Gasteiger partial charge in [-0.25, -0.2) is 9.78 Å². The molecule has 4 heteroatoms. The summed E-state index contributed by atoms with van der Waals surface area (Å²) in [7, 11) is 0. The van der Waals surface area contributed by atoms with Crippen LogP contribution in [0.2, 0.25) is 0 Å². The molecule has 0 aliphatic heterocycles. The molecule has 0 saturated carbocycles. The first kappa shape index (κ1) is 9.92. The summed E-state index contributed by atoms with van der Waals surface area (Å²) in [6.45, 7) is 4.15. The molecule has 0 amide bonds. The van der Waals surface area contributed by atoms with Crippen LogP contribution in [-0.4, -0.2) is 17.6 Å². The number of rotatable bonds is 3. The van der Waals surface area contributed by atoms with Crippen molar-refractivity contribution in [3.05, 3.63) is 22.2 Å². The minimum Gasteiger partial charge on any atom is -0.463 e. The first-order valence-corrected chi connectivity index (χ1v) is 4.81. The number of esters is 1. The van der Waals surface area contributed by atoms with E-state index in [2.05, 4.69) is 4.98 Å². The summed E-state index contributed by atoms with van der Waals surface area (Å²) in [5.74, 6) is -0.324. The van der Waals surface area contributed by atoms with E-state index in [1.165, 1.54) is 6.08 Å². The van der Waals surface area contributed by atoms with E-state index in [0.717, 1.165) is 9.88 Å². The number of thiazole rings is 1. The van der Waals surface area contributed by atoms with Gasteiger partial charge in [0.05, 0.1) is 6.61 Å². The molecule has 70 valence electrons. The molecular weight excluding hydrogens is 186 g/mol. The van der Waals surface area contributed by atoms with Gasteiger partial charge in [-0.2, -0.15) is 0 Å². The maximum absolute atomic E-state index is 10.9. The van der Waals surface area contributed by atoms with Gasteiger partial charge in [-0.3, -0.25) is 0 Å². The molecule has 0 unspecified atom stereocenters. The Morgan fingerprint density at radius 2 is 2.54 bits per heavy atom. The number of aromatic nitrogens is 1. The third kappa shape index (κ3) is 3.38. The van der Waals surface area contributed by atoms with Crippen LogP contribution in [0.4, 0.5) is 0 Å². The highest BCUT2D eigenvalue weighted by Crippen LogP contribution is 2.12. The monoisotopic (exact) mass is 197 g/mol. The molecule has 0 saturated heterocycles. The van der Waals surface area contributed by atoms with Gasteiger partial charge in [-0.1, -0.05) is 0 Å². The van der Waals surface area contributed by atoms with E-state index >= 15 is 0 Å². The van der Waals surface area contributed by atoms with E-state index in [1.807, 2.05) is 6.92 Å². The Kier molecular flexibility index (Phi) is 3.64. The van der Waals surface area contributed by atoms with Gasteiger partial charge in [0, 0.05) is 17.2 Å². The smallest absolute Gasteiger partial charge is 0.330 e. The van der Waals surface area contributed by atoms with E-state index in [4.69, 9.17) is 4.74 Å². The SMILES string of the molecule is CCOC(=O)/C=C/c1ncc(C)s1. The molecule has 0 aromatic carbocycles. The fraction of sp³-hybridized carbons (Fsp3) is 0.333. The minimum absolute atomic E-state index is 0.324. The zero-order valence-corrected chi connectivity index (χ0v) is 8.43. The maximum atomic E-state index is 10.9. The van der Waals surface area contributed by atoms with Crippen LogP contribution in [0.5, 0.6) is 0 Å². The molecule has 1 aromatic heterocycles. The predicted molar refractivity (Wildman–Crippen MR) is 52.5 cm³/mol. The lowest BCUT2D eigenvalue weighted by Crippen LogP contribution is -1.98. The van der Waals surface area contributed by atoms with Gasteiger partial charge in [-0.05, 0) is 19.9 Å². The molecule has 0 aliphatic rings. The lowest BCUT2D eigenvalue weighted by Gasteiger charge is -1.92. The van der Waals surface area contributed by atoms with Gasteiger partial charge in [0.2, 0.25) is 0 Å². The van der Waals surface area contributed by atoms with Crippen LogP contribution >= 0.6 is 11.3 Å². The van der Waals surface area contributed by atoms with Crippen LogP contribution in [0, 0.1) is 6.92 Å². The molecule has 0 bridgehead atoms. The third-order valence-electron chi connectivity index (χ3n) is 1.29. The Labute approximate surface area is 81.1 Å². The number of nitrogens with zero attached hydrogens (tertiary/aromatic N) is 1. The molecule has 0 atom stereocenters.